The SMILES string of the molecule is CCCCC(C(=O)OCC)=C(CCC)C(=O)OCC. The lowest BCUT2D eigenvalue weighted by Crippen LogP contribution is -2.17. The first kappa shape index (κ1) is 17.7. The molecule has 0 aliphatic heterocycles. The van der Waals surface area contributed by atoms with E-state index in [0.29, 0.717) is 37.2 Å². The number of unbranched alkanes of at least 4 members (excludes halogenated alkanes) is 1. The first-order chi connectivity index (χ1) is 9.12. The summed E-state index contributed by atoms with van der Waals surface area (Å²) in [5.41, 5.74) is 0.972. The summed E-state index contributed by atoms with van der Waals surface area (Å²) in [5.74, 6) is -0.768. The van der Waals surface area contributed by atoms with E-state index in [-0.39, 0.29) is 11.9 Å². The molecular formula is C15H26O4. The number of carbonyl (C=O) groups is 2. The Hall–Kier alpha value is -1.32. The third kappa shape index (κ3) is 6.41. The maximum atomic E-state index is 12.0. The summed E-state index contributed by atoms with van der Waals surface area (Å²) in [7, 11) is 0. The Labute approximate surface area is 116 Å². The largest absolute Gasteiger partial charge is 0.463 e. The Morgan fingerprint density at radius 1 is 0.737 bits per heavy atom. The molecular weight excluding hydrogens is 244 g/mol. The zero-order valence-electron chi connectivity index (χ0n) is 12.6. The van der Waals surface area contributed by atoms with Gasteiger partial charge in [0.2, 0.25) is 0 Å². The van der Waals surface area contributed by atoms with Crippen LogP contribution in [-0.4, -0.2) is 25.2 Å². The van der Waals surface area contributed by atoms with Gasteiger partial charge in [-0.15, -0.1) is 0 Å². The van der Waals surface area contributed by atoms with Gasteiger partial charge in [-0.1, -0.05) is 26.7 Å². The van der Waals surface area contributed by atoms with Gasteiger partial charge in [0.25, 0.3) is 0 Å². The van der Waals surface area contributed by atoms with Crippen molar-refractivity contribution in [1.82, 2.24) is 0 Å². The van der Waals surface area contributed by atoms with Gasteiger partial charge in [0, 0.05) is 11.1 Å². The average Bonchev–Trinajstić information content (AvgIpc) is 2.38. The molecule has 0 N–H and O–H groups in total. The van der Waals surface area contributed by atoms with Gasteiger partial charge in [0.15, 0.2) is 0 Å². The predicted molar refractivity (Wildman–Crippen MR) is 74.7 cm³/mol. The fourth-order valence-electron chi connectivity index (χ4n) is 1.79. The van der Waals surface area contributed by atoms with E-state index in [1.165, 1.54) is 0 Å². The summed E-state index contributed by atoms with van der Waals surface area (Å²) in [6, 6.07) is 0. The standard InChI is InChI=1S/C15H26O4/c1-5-9-11-13(15(17)19-8-4)12(10-6-2)14(16)18-7-3/h5-11H2,1-4H3. The minimum Gasteiger partial charge on any atom is -0.463 e. The van der Waals surface area contributed by atoms with Crippen LogP contribution in [0.4, 0.5) is 0 Å². The molecule has 0 bridgehead atoms. The van der Waals surface area contributed by atoms with Crippen LogP contribution in [0.5, 0.6) is 0 Å². The van der Waals surface area contributed by atoms with Crippen molar-refractivity contribution < 1.29 is 19.1 Å². The molecule has 0 saturated carbocycles. The van der Waals surface area contributed by atoms with Crippen molar-refractivity contribution in [2.45, 2.75) is 59.8 Å². The van der Waals surface area contributed by atoms with Gasteiger partial charge >= 0.3 is 11.9 Å². The summed E-state index contributed by atoms with van der Waals surface area (Å²) >= 11 is 0. The third-order valence-corrected chi connectivity index (χ3v) is 2.69. The Morgan fingerprint density at radius 3 is 1.58 bits per heavy atom. The van der Waals surface area contributed by atoms with E-state index in [9.17, 15) is 9.59 Å². The van der Waals surface area contributed by atoms with Crippen LogP contribution in [0.3, 0.4) is 0 Å². The molecule has 0 aromatic carbocycles. The number of ether oxygens (including phenoxy) is 2. The molecule has 19 heavy (non-hydrogen) atoms. The number of rotatable bonds is 9. The van der Waals surface area contributed by atoms with Gasteiger partial charge in [-0.05, 0) is 33.1 Å². The monoisotopic (exact) mass is 270 g/mol. The molecule has 0 aromatic rings. The maximum Gasteiger partial charge on any atom is 0.334 e. The van der Waals surface area contributed by atoms with E-state index in [1.807, 2.05) is 13.8 Å². The number of hydrogen-bond donors (Lipinski definition) is 0. The molecule has 0 fully saturated rings. The molecule has 110 valence electrons. The Balaban J connectivity index is 5.28. The van der Waals surface area contributed by atoms with Crippen LogP contribution < -0.4 is 0 Å². The second-order valence-corrected chi connectivity index (χ2v) is 4.25. The highest BCUT2D eigenvalue weighted by atomic mass is 16.5. The van der Waals surface area contributed by atoms with Crippen LogP contribution in [0.2, 0.25) is 0 Å². The van der Waals surface area contributed by atoms with E-state index < -0.39 is 0 Å². The van der Waals surface area contributed by atoms with E-state index in [2.05, 4.69) is 0 Å². The molecule has 4 heteroatoms. The van der Waals surface area contributed by atoms with Crippen LogP contribution in [0, 0.1) is 0 Å². The van der Waals surface area contributed by atoms with Crippen molar-refractivity contribution in [3.63, 3.8) is 0 Å². The molecule has 0 rings (SSSR count). The van der Waals surface area contributed by atoms with Crippen molar-refractivity contribution in [3.8, 4) is 0 Å². The van der Waals surface area contributed by atoms with E-state index in [1.54, 1.807) is 13.8 Å². The molecule has 0 aromatic heterocycles. The lowest BCUT2D eigenvalue weighted by atomic mass is 9.99. The number of carbonyl (C=O) groups excluding carboxylic acids is 2. The first-order valence-electron chi connectivity index (χ1n) is 7.18. The van der Waals surface area contributed by atoms with Crippen molar-refractivity contribution in [3.05, 3.63) is 11.1 Å². The molecule has 0 heterocycles. The van der Waals surface area contributed by atoms with Gasteiger partial charge in [-0.2, -0.15) is 0 Å². The second-order valence-electron chi connectivity index (χ2n) is 4.25. The molecule has 0 spiro atoms. The Bertz CT molecular complexity index is 318. The smallest absolute Gasteiger partial charge is 0.334 e. The average molecular weight is 270 g/mol. The zero-order valence-corrected chi connectivity index (χ0v) is 12.6. The van der Waals surface area contributed by atoms with Crippen LogP contribution in [0.1, 0.15) is 59.8 Å². The van der Waals surface area contributed by atoms with Crippen molar-refractivity contribution >= 4 is 11.9 Å². The van der Waals surface area contributed by atoms with Gasteiger partial charge < -0.3 is 9.47 Å². The van der Waals surface area contributed by atoms with Crippen molar-refractivity contribution in [2.75, 3.05) is 13.2 Å². The minimum absolute atomic E-state index is 0.315. The summed E-state index contributed by atoms with van der Waals surface area (Å²) in [5, 5.41) is 0. The summed E-state index contributed by atoms with van der Waals surface area (Å²) in [6.07, 6.45) is 3.75. The fourth-order valence-corrected chi connectivity index (χ4v) is 1.79. The maximum absolute atomic E-state index is 12.0. The summed E-state index contributed by atoms with van der Waals surface area (Å²) < 4.78 is 10.1. The van der Waals surface area contributed by atoms with Crippen molar-refractivity contribution in [1.29, 1.82) is 0 Å². The van der Waals surface area contributed by atoms with E-state index >= 15 is 0 Å². The third-order valence-electron chi connectivity index (χ3n) is 2.69. The molecule has 0 saturated heterocycles. The van der Waals surface area contributed by atoms with Crippen LogP contribution in [-0.2, 0) is 19.1 Å². The molecule has 0 aliphatic carbocycles. The van der Waals surface area contributed by atoms with E-state index in [0.717, 1.165) is 19.3 Å². The summed E-state index contributed by atoms with van der Waals surface area (Å²) in [4.78, 5) is 23.9. The van der Waals surface area contributed by atoms with E-state index in [4.69, 9.17) is 9.47 Å². The Kier molecular flexibility index (Phi) is 9.85. The number of esters is 2. The van der Waals surface area contributed by atoms with Gasteiger partial charge in [0.05, 0.1) is 13.2 Å². The molecule has 0 unspecified atom stereocenters. The fraction of sp³-hybridized carbons (Fsp3) is 0.733. The Morgan fingerprint density at radius 2 is 1.21 bits per heavy atom. The lowest BCUT2D eigenvalue weighted by molar-refractivity contribution is -0.142. The number of hydrogen-bond acceptors (Lipinski definition) is 4. The normalized spacial score (nSPS) is 11.8. The molecule has 4 nitrogen and oxygen atoms in total. The summed E-state index contributed by atoms with van der Waals surface area (Å²) in [6.45, 7) is 8.18. The highest BCUT2D eigenvalue weighted by molar-refractivity contribution is 6.00. The van der Waals surface area contributed by atoms with Crippen LogP contribution in [0.15, 0.2) is 11.1 Å². The zero-order chi connectivity index (χ0) is 14.7. The quantitative estimate of drug-likeness (QED) is 0.476. The minimum atomic E-state index is -0.386. The molecule has 0 atom stereocenters. The molecule has 0 radical (unpaired) electrons. The second kappa shape index (κ2) is 10.6. The topological polar surface area (TPSA) is 52.6 Å². The van der Waals surface area contributed by atoms with Crippen LogP contribution in [0.25, 0.3) is 0 Å². The molecule has 0 aliphatic rings. The molecule has 0 amide bonds. The first-order valence-corrected chi connectivity index (χ1v) is 7.18. The van der Waals surface area contributed by atoms with Gasteiger partial charge in [-0.25, -0.2) is 9.59 Å². The lowest BCUT2D eigenvalue weighted by Gasteiger charge is -2.13. The highest BCUT2D eigenvalue weighted by Crippen LogP contribution is 2.20. The predicted octanol–water partition coefficient (Wildman–Crippen LogP) is 3.40. The van der Waals surface area contributed by atoms with Gasteiger partial charge in [-0.3, -0.25) is 0 Å². The van der Waals surface area contributed by atoms with Crippen molar-refractivity contribution in [2.24, 2.45) is 0 Å². The van der Waals surface area contributed by atoms with Crippen LogP contribution >= 0.6 is 0 Å². The highest BCUT2D eigenvalue weighted by Gasteiger charge is 2.21. The van der Waals surface area contributed by atoms with Gasteiger partial charge in [0.1, 0.15) is 0 Å².